The van der Waals surface area contributed by atoms with E-state index in [2.05, 4.69) is 4.90 Å². The molecule has 1 heterocycles. The molecule has 2 atom stereocenters. The van der Waals surface area contributed by atoms with Crippen molar-refractivity contribution in [2.24, 2.45) is 11.3 Å². The van der Waals surface area contributed by atoms with E-state index >= 15 is 0 Å². The van der Waals surface area contributed by atoms with Gasteiger partial charge in [-0.25, -0.2) is 0 Å². The Morgan fingerprint density at radius 3 is 2.20 bits per heavy atom. The third kappa shape index (κ3) is 1.39. The molecule has 0 spiro atoms. The summed E-state index contributed by atoms with van der Waals surface area (Å²) in [5.41, 5.74) is -1.83. The first-order valence-electron chi connectivity index (χ1n) is 5.57. The Hall–Kier alpha value is -0.610. The molecular formula is C11H19NO3. The number of hydrogen-bond donors (Lipinski definition) is 2. The second-order valence-electron chi connectivity index (χ2n) is 5.22. The minimum atomic E-state index is -0.981. The molecule has 4 nitrogen and oxygen atoms in total. The Kier molecular flexibility index (Phi) is 2.32. The zero-order chi connectivity index (χ0) is 11.3. The van der Waals surface area contributed by atoms with Gasteiger partial charge in [-0.1, -0.05) is 6.92 Å². The van der Waals surface area contributed by atoms with Gasteiger partial charge in [-0.15, -0.1) is 0 Å². The van der Waals surface area contributed by atoms with Crippen LogP contribution in [0.2, 0.25) is 0 Å². The van der Waals surface area contributed by atoms with E-state index in [1.165, 1.54) is 0 Å². The van der Waals surface area contributed by atoms with Crippen LogP contribution in [0, 0.1) is 11.3 Å². The number of aliphatic hydroxyl groups is 1. The standard InChI is InChI=1S/C11H19NO3/c1-8-7-11(8,9(13)14)10(15)3-5-12(2)6-4-10/h8,15H,3-7H2,1-2H3,(H,13,14). The molecule has 0 aromatic rings. The molecule has 1 saturated heterocycles. The van der Waals surface area contributed by atoms with Crippen molar-refractivity contribution in [2.45, 2.75) is 31.8 Å². The first kappa shape index (κ1) is 10.9. The summed E-state index contributed by atoms with van der Waals surface area (Å²) in [6, 6.07) is 0. The first-order valence-corrected chi connectivity index (χ1v) is 5.57. The van der Waals surface area contributed by atoms with Crippen LogP contribution in [0.3, 0.4) is 0 Å². The lowest BCUT2D eigenvalue weighted by Gasteiger charge is -2.41. The molecule has 1 aliphatic carbocycles. The van der Waals surface area contributed by atoms with Crippen molar-refractivity contribution >= 4 is 5.97 Å². The first-order chi connectivity index (χ1) is 6.92. The maximum atomic E-state index is 11.3. The second kappa shape index (κ2) is 3.19. The van der Waals surface area contributed by atoms with Gasteiger partial charge in [-0.05, 0) is 32.2 Å². The molecule has 1 aliphatic heterocycles. The van der Waals surface area contributed by atoms with E-state index < -0.39 is 17.0 Å². The zero-order valence-electron chi connectivity index (χ0n) is 9.36. The van der Waals surface area contributed by atoms with Gasteiger partial charge in [0.15, 0.2) is 0 Å². The average Bonchev–Trinajstić information content (AvgIpc) is 2.85. The summed E-state index contributed by atoms with van der Waals surface area (Å²) < 4.78 is 0. The Balaban J connectivity index is 2.19. The number of likely N-dealkylation sites (tertiary alicyclic amines) is 1. The van der Waals surface area contributed by atoms with Gasteiger partial charge in [0.05, 0.1) is 11.0 Å². The van der Waals surface area contributed by atoms with E-state index in [0.717, 1.165) is 13.1 Å². The Bertz CT molecular complexity index is 284. The van der Waals surface area contributed by atoms with E-state index in [0.29, 0.717) is 19.3 Å². The van der Waals surface area contributed by atoms with Crippen LogP contribution in [-0.2, 0) is 4.79 Å². The number of hydrogen-bond acceptors (Lipinski definition) is 3. The van der Waals surface area contributed by atoms with E-state index in [9.17, 15) is 15.0 Å². The number of carbonyl (C=O) groups is 1. The molecule has 15 heavy (non-hydrogen) atoms. The van der Waals surface area contributed by atoms with Crippen molar-refractivity contribution in [2.75, 3.05) is 20.1 Å². The molecule has 2 fully saturated rings. The van der Waals surface area contributed by atoms with Crippen molar-refractivity contribution in [3.8, 4) is 0 Å². The third-order valence-electron chi connectivity index (χ3n) is 4.34. The highest BCUT2D eigenvalue weighted by atomic mass is 16.4. The summed E-state index contributed by atoms with van der Waals surface area (Å²) in [5, 5.41) is 19.8. The summed E-state index contributed by atoms with van der Waals surface area (Å²) in [4.78, 5) is 13.4. The Morgan fingerprint density at radius 2 is 1.87 bits per heavy atom. The van der Waals surface area contributed by atoms with Crippen molar-refractivity contribution in [1.29, 1.82) is 0 Å². The quantitative estimate of drug-likeness (QED) is 0.703. The van der Waals surface area contributed by atoms with Crippen LogP contribution >= 0.6 is 0 Å². The fourth-order valence-corrected chi connectivity index (χ4v) is 3.00. The molecule has 0 aromatic heterocycles. The van der Waals surface area contributed by atoms with Gasteiger partial charge >= 0.3 is 5.97 Å². The smallest absolute Gasteiger partial charge is 0.312 e. The SMILES string of the molecule is CC1CC1(C(=O)O)C1(O)CCN(C)CC1. The van der Waals surface area contributed by atoms with Crippen LogP contribution in [0.5, 0.6) is 0 Å². The lowest BCUT2D eigenvalue weighted by Crippen LogP contribution is -2.52. The molecule has 0 radical (unpaired) electrons. The highest BCUT2D eigenvalue weighted by Gasteiger charge is 2.69. The number of rotatable bonds is 2. The van der Waals surface area contributed by atoms with Gasteiger partial charge in [0.25, 0.3) is 0 Å². The minimum Gasteiger partial charge on any atom is -0.481 e. The fraction of sp³-hybridized carbons (Fsp3) is 0.909. The third-order valence-corrected chi connectivity index (χ3v) is 4.34. The maximum absolute atomic E-state index is 11.3. The summed E-state index contributed by atoms with van der Waals surface area (Å²) in [6.45, 7) is 3.50. The molecule has 86 valence electrons. The van der Waals surface area contributed by atoms with Crippen LogP contribution in [0.15, 0.2) is 0 Å². The second-order valence-corrected chi connectivity index (χ2v) is 5.22. The molecule has 0 aromatic carbocycles. The molecule has 0 bridgehead atoms. The number of carboxylic acids is 1. The molecule has 2 aliphatic rings. The zero-order valence-corrected chi connectivity index (χ0v) is 9.36. The van der Waals surface area contributed by atoms with Gasteiger partial charge < -0.3 is 15.1 Å². The van der Waals surface area contributed by atoms with Gasteiger partial charge in [-0.2, -0.15) is 0 Å². The number of carboxylic acid groups (broad SMARTS) is 1. The van der Waals surface area contributed by atoms with Crippen LogP contribution in [0.25, 0.3) is 0 Å². The molecule has 2 N–H and O–H groups in total. The highest BCUT2D eigenvalue weighted by Crippen LogP contribution is 2.62. The molecular weight excluding hydrogens is 194 g/mol. The Morgan fingerprint density at radius 1 is 1.40 bits per heavy atom. The van der Waals surface area contributed by atoms with Crippen molar-refractivity contribution in [1.82, 2.24) is 4.90 Å². The van der Waals surface area contributed by atoms with E-state index in [1.54, 1.807) is 0 Å². The van der Waals surface area contributed by atoms with E-state index in [4.69, 9.17) is 0 Å². The van der Waals surface area contributed by atoms with Gasteiger partial charge in [0.1, 0.15) is 0 Å². The monoisotopic (exact) mass is 213 g/mol. The topological polar surface area (TPSA) is 60.8 Å². The lowest BCUT2D eigenvalue weighted by atomic mass is 9.75. The highest BCUT2D eigenvalue weighted by molar-refractivity contribution is 5.80. The molecule has 1 saturated carbocycles. The van der Waals surface area contributed by atoms with Gasteiger partial charge in [0, 0.05) is 13.1 Å². The Labute approximate surface area is 89.9 Å². The molecule has 2 rings (SSSR count). The number of piperidine rings is 1. The predicted molar refractivity (Wildman–Crippen MR) is 55.5 cm³/mol. The minimum absolute atomic E-state index is 0.114. The van der Waals surface area contributed by atoms with Gasteiger partial charge in [-0.3, -0.25) is 4.79 Å². The molecule has 2 unspecified atom stereocenters. The predicted octanol–water partition coefficient (Wildman–Crippen LogP) is 0.554. The fourth-order valence-electron chi connectivity index (χ4n) is 3.00. The van der Waals surface area contributed by atoms with Crippen molar-refractivity contribution in [3.63, 3.8) is 0 Å². The normalized spacial score (nSPS) is 40.1. The van der Waals surface area contributed by atoms with Crippen LogP contribution in [-0.4, -0.2) is 46.8 Å². The van der Waals surface area contributed by atoms with E-state index in [-0.39, 0.29) is 5.92 Å². The van der Waals surface area contributed by atoms with Crippen molar-refractivity contribution in [3.05, 3.63) is 0 Å². The van der Waals surface area contributed by atoms with E-state index in [1.807, 2.05) is 14.0 Å². The summed E-state index contributed by atoms with van der Waals surface area (Å²) in [7, 11) is 2.00. The summed E-state index contributed by atoms with van der Waals surface area (Å²) in [5.74, 6) is -0.703. The number of aliphatic carboxylic acids is 1. The number of nitrogens with zero attached hydrogens (tertiary/aromatic N) is 1. The average molecular weight is 213 g/mol. The molecule has 0 amide bonds. The van der Waals surface area contributed by atoms with Crippen molar-refractivity contribution < 1.29 is 15.0 Å². The van der Waals surface area contributed by atoms with Crippen LogP contribution in [0.4, 0.5) is 0 Å². The maximum Gasteiger partial charge on any atom is 0.312 e. The van der Waals surface area contributed by atoms with Gasteiger partial charge in [0.2, 0.25) is 0 Å². The van der Waals surface area contributed by atoms with Crippen LogP contribution in [0.1, 0.15) is 26.2 Å². The molecule has 4 heteroatoms. The summed E-state index contributed by atoms with van der Waals surface area (Å²) >= 11 is 0. The van der Waals surface area contributed by atoms with Crippen LogP contribution < -0.4 is 0 Å². The summed E-state index contributed by atoms with van der Waals surface area (Å²) in [6.07, 6.45) is 1.79. The largest absolute Gasteiger partial charge is 0.481 e. The lowest BCUT2D eigenvalue weighted by molar-refractivity contribution is -0.162.